The molecule has 3 unspecified atom stereocenters. The third kappa shape index (κ3) is 10.7. The number of hydrogen-bond acceptors (Lipinski definition) is 6. The molecule has 7 nitrogen and oxygen atoms in total. The molecule has 0 aromatic carbocycles. The Labute approximate surface area is 185 Å². The lowest BCUT2D eigenvalue weighted by molar-refractivity contribution is -0.121. The number of imide groups is 1. The van der Waals surface area contributed by atoms with E-state index in [9.17, 15) is 24.6 Å². The number of alkyl carbamates (subject to hydrolysis) is 1. The van der Waals surface area contributed by atoms with E-state index in [1.165, 1.54) is 6.92 Å². The summed E-state index contributed by atoms with van der Waals surface area (Å²) < 4.78 is 4.87. The molecule has 1 rings (SSSR count). The van der Waals surface area contributed by atoms with Crippen molar-refractivity contribution in [3.63, 3.8) is 0 Å². The van der Waals surface area contributed by atoms with Gasteiger partial charge in [-0.3, -0.25) is 14.9 Å². The molecule has 5 atom stereocenters. The molecule has 1 aliphatic carbocycles. The number of rotatable bonds is 13. The predicted molar refractivity (Wildman–Crippen MR) is 119 cm³/mol. The van der Waals surface area contributed by atoms with Crippen molar-refractivity contribution in [2.24, 2.45) is 17.8 Å². The largest absolute Gasteiger partial charge is 0.449 e. The van der Waals surface area contributed by atoms with Crippen molar-refractivity contribution in [3.8, 4) is 0 Å². The SMILES string of the molecule is CCCCC(C)C(O)/C=C/[C@H]1C(O)CC(=O)[C@@H]1C/C=C/CCCCOC(=O)NC(C)=O. The lowest BCUT2D eigenvalue weighted by Crippen LogP contribution is -2.28. The standard InChI is InChI=1S/C24H39NO6/c1-4-5-11-17(2)21(27)14-13-20-19(22(28)16-23(20)29)12-9-7-6-8-10-15-31-24(30)25-18(3)26/h7,9,13-14,17,19-21,23,27,29H,4-6,8,10-12,15-16H2,1-3H3,(H,25,26,30)/b9-7+,14-13+/t17?,19-,20-,21?,23?/m1/s1. The number of aliphatic hydroxyl groups is 2. The number of ether oxygens (including phenoxy) is 1. The third-order valence-corrected chi connectivity index (χ3v) is 5.69. The lowest BCUT2D eigenvalue weighted by Gasteiger charge is -2.19. The van der Waals surface area contributed by atoms with Crippen molar-refractivity contribution in [1.29, 1.82) is 0 Å². The van der Waals surface area contributed by atoms with Crippen LogP contribution in [0.15, 0.2) is 24.3 Å². The van der Waals surface area contributed by atoms with Crippen LogP contribution in [0.1, 0.15) is 72.1 Å². The second-order valence-electron chi connectivity index (χ2n) is 8.44. The third-order valence-electron chi connectivity index (χ3n) is 5.69. The molecule has 0 radical (unpaired) electrons. The molecule has 1 fully saturated rings. The Morgan fingerprint density at radius 3 is 2.68 bits per heavy atom. The van der Waals surface area contributed by atoms with Crippen LogP contribution < -0.4 is 5.32 Å². The molecule has 31 heavy (non-hydrogen) atoms. The molecular weight excluding hydrogens is 398 g/mol. The Bertz CT molecular complexity index is 630. The number of amides is 2. The number of hydrogen-bond donors (Lipinski definition) is 3. The van der Waals surface area contributed by atoms with E-state index in [0.717, 1.165) is 32.1 Å². The van der Waals surface area contributed by atoms with Crippen LogP contribution in [0.2, 0.25) is 0 Å². The molecule has 0 aliphatic heterocycles. The van der Waals surface area contributed by atoms with Gasteiger partial charge in [0.05, 0.1) is 18.8 Å². The number of unbranched alkanes of at least 4 members (excludes halogenated alkanes) is 3. The van der Waals surface area contributed by atoms with Gasteiger partial charge in [-0.2, -0.15) is 0 Å². The highest BCUT2D eigenvalue weighted by Crippen LogP contribution is 2.33. The normalized spacial score (nSPS) is 23.4. The maximum atomic E-state index is 12.3. The van der Waals surface area contributed by atoms with Crippen LogP contribution in [-0.4, -0.2) is 46.8 Å². The summed E-state index contributed by atoms with van der Waals surface area (Å²) in [7, 11) is 0. The first-order valence-electron chi connectivity index (χ1n) is 11.4. The fourth-order valence-corrected chi connectivity index (χ4v) is 3.73. The Morgan fingerprint density at radius 1 is 1.26 bits per heavy atom. The monoisotopic (exact) mass is 437 g/mol. The van der Waals surface area contributed by atoms with Gasteiger partial charge < -0.3 is 14.9 Å². The van der Waals surface area contributed by atoms with Gasteiger partial charge in [0.1, 0.15) is 5.78 Å². The molecule has 0 bridgehead atoms. The first kappa shape index (κ1) is 27.0. The van der Waals surface area contributed by atoms with E-state index in [1.54, 1.807) is 6.08 Å². The summed E-state index contributed by atoms with van der Waals surface area (Å²) in [6.07, 6.45) is 11.6. The molecule has 3 N–H and O–H groups in total. The number of carbonyl (C=O) groups excluding carboxylic acids is 3. The van der Waals surface area contributed by atoms with Crippen LogP contribution in [0.3, 0.4) is 0 Å². The van der Waals surface area contributed by atoms with Crippen LogP contribution in [0, 0.1) is 17.8 Å². The van der Waals surface area contributed by atoms with E-state index in [4.69, 9.17) is 4.74 Å². The number of Topliss-reactive ketones (excluding diaryl/α,β-unsaturated/α-hetero) is 1. The van der Waals surface area contributed by atoms with Gasteiger partial charge in [0.25, 0.3) is 0 Å². The summed E-state index contributed by atoms with van der Waals surface area (Å²) >= 11 is 0. The van der Waals surface area contributed by atoms with Crippen molar-refractivity contribution < 1.29 is 29.3 Å². The van der Waals surface area contributed by atoms with E-state index in [1.807, 2.05) is 30.5 Å². The molecule has 2 amide bonds. The molecule has 1 aliphatic rings. The fraction of sp³-hybridized carbons (Fsp3) is 0.708. The van der Waals surface area contributed by atoms with Crippen molar-refractivity contribution in [3.05, 3.63) is 24.3 Å². The van der Waals surface area contributed by atoms with Crippen molar-refractivity contribution in [1.82, 2.24) is 5.32 Å². The van der Waals surface area contributed by atoms with E-state index < -0.39 is 24.2 Å². The van der Waals surface area contributed by atoms with Gasteiger partial charge in [0.2, 0.25) is 5.91 Å². The van der Waals surface area contributed by atoms with Crippen molar-refractivity contribution >= 4 is 17.8 Å². The minimum atomic E-state index is -0.731. The second kappa shape index (κ2) is 14.9. The summed E-state index contributed by atoms with van der Waals surface area (Å²) in [5, 5.41) is 22.6. The molecule has 7 heteroatoms. The first-order valence-corrected chi connectivity index (χ1v) is 11.4. The van der Waals surface area contributed by atoms with Gasteiger partial charge in [-0.05, 0) is 38.0 Å². The molecule has 176 valence electrons. The van der Waals surface area contributed by atoms with Crippen LogP contribution in [0.5, 0.6) is 0 Å². The molecule has 1 saturated carbocycles. The van der Waals surface area contributed by atoms with Crippen molar-refractivity contribution in [2.45, 2.75) is 84.3 Å². The highest BCUT2D eigenvalue weighted by atomic mass is 16.5. The highest BCUT2D eigenvalue weighted by Gasteiger charge is 2.39. The summed E-state index contributed by atoms with van der Waals surface area (Å²) in [5.41, 5.74) is 0. The number of carbonyl (C=O) groups is 3. The Balaban J connectivity index is 2.39. The predicted octanol–water partition coefficient (Wildman–Crippen LogP) is 3.69. The molecule has 0 aromatic rings. The summed E-state index contributed by atoms with van der Waals surface area (Å²) in [6, 6.07) is 0. The van der Waals surface area contributed by atoms with Gasteiger partial charge >= 0.3 is 6.09 Å². The average molecular weight is 438 g/mol. The maximum Gasteiger partial charge on any atom is 0.413 e. The summed E-state index contributed by atoms with van der Waals surface area (Å²) in [5.74, 6) is -0.766. The van der Waals surface area contributed by atoms with Gasteiger partial charge in [-0.25, -0.2) is 4.79 Å². The Hall–Kier alpha value is -1.99. The minimum absolute atomic E-state index is 0.0604. The molecular formula is C24H39NO6. The number of allylic oxidation sites excluding steroid dienone is 2. The number of nitrogens with one attached hydrogen (secondary N) is 1. The second-order valence-corrected chi connectivity index (χ2v) is 8.44. The Morgan fingerprint density at radius 2 is 2.00 bits per heavy atom. The molecule has 0 spiro atoms. The zero-order valence-corrected chi connectivity index (χ0v) is 19.1. The van der Waals surface area contributed by atoms with Gasteiger partial charge in [-0.1, -0.05) is 51.0 Å². The topological polar surface area (TPSA) is 113 Å². The van der Waals surface area contributed by atoms with Crippen LogP contribution in [-0.2, 0) is 14.3 Å². The van der Waals surface area contributed by atoms with Gasteiger partial charge in [0.15, 0.2) is 0 Å². The van der Waals surface area contributed by atoms with Gasteiger partial charge in [0, 0.05) is 25.2 Å². The zero-order chi connectivity index (χ0) is 23.2. The lowest BCUT2D eigenvalue weighted by atomic mass is 9.89. The Kier molecular flexibility index (Phi) is 13.0. The summed E-state index contributed by atoms with van der Waals surface area (Å²) in [4.78, 5) is 34.2. The summed E-state index contributed by atoms with van der Waals surface area (Å²) in [6.45, 7) is 5.63. The molecule has 0 aromatic heterocycles. The van der Waals surface area contributed by atoms with Crippen molar-refractivity contribution in [2.75, 3.05) is 6.61 Å². The van der Waals surface area contributed by atoms with E-state index in [0.29, 0.717) is 12.8 Å². The minimum Gasteiger partial charge on any atom is -0.449 e. The van der Waals surface area contributed by atoms with Crippen LogP contribution in [0.4, 0.5) is 4.79 Å². The van der Waals surface area contributed by atoms with Crippen LogP contribution >= 0.6 is 0 Å². The average Bonchev–Trinajstić information content (AvgIpc) is 2.97. The molecule has 0 saturated heterocycles. The van der Waals surface area contributed by atoms with E-state index in [2.05, 4.69) is 6.92 Å². The van der Waals surface area contributed by atoms with Crippen LogP contribution in [0.25, 0.3) is 0 Å². The first-order chi connectivity index (χ1) is 14.8. The van der Waals surface area contributed by atoms with E-state index in [-0.39, 0.29) is 36.6 Å². The number of ketones is 1. The zero-order valence-electron chi connectivity index (χ0n) is 19.1. The molecule has 0 heterocycles. The quantitative estimate of drug-likeness (QED) is 0.299. The fourth-order valence-electron chi connectivity index (χ4n) is 3.73. The number of aliphatic hydroxyl groups excluding tert-OH is 2. The highest BCUT2D eigenvalue weighted by molar-refractivity contribution is 5.90. The van der Waals surface area contributed by atoms with Gasteiger partial charge in [-0.15, -0.1) is 0 Å². The maximum absolute atomic E-state index is 12.3. The van der Waals surface area contributed by atoms with E-state index >= 15 is 0 Å². The smallest absolute Gasteiger partial charge is 0.413 e.